The molecule has 1 aliphatic carbocycles. The molecule has 2 atom stereocenters. The standard InChI is InChI=1S/C20H16ClF6NO/c21-14-4-2-11(20(25,26)27)6-19(14)29-9-10-1-3-12(18(28)5-10)13-7-16(23)17(24)8-15(13)22/h1-2,4,6-8,12,18H,3,5,9,28H2/t12-,18+/m0/s1. The number of ether oxygens (including phenoxy) is 1. The molecular weight excluding hydrogens is 420 g/mol. The van der Waals surface area contributed by atoms with Crippen LogP contribution in [0, 0.1) is 17.5 Å². The summed E-state index contributed by atoms with van der Waals surface area (Å²) in [5.41, 5.74) is 5.86. The number of hydrogen-bond acceptors (Lipinski definition) is 2. The molecule has 0 fully saturated rings. The summed E-state index contributed by atoms with van der Waals surface area (Å²) in [5, 5.41) is 0.0282. The highest BCUT2D eigenvalue weighted by Crippen LogP contribution is 2.37. The summed E-state index contributed by atoms with van der Waals surface area (Å²) in [6.07, 6.45) is -2.33. The van der Waals surface area contributed by atoms with Gasteiger partial charge in [-0.3, -0.25) is 0 Å². The summed E-state index contributed by atoms with van der Waals surface area (Å²) in [5.74, 6) is -4.01. The fraction of sp³-hybridized carbons (Fsp3) is 0.300. The van der Waals surface area contributed by atoms with Gasteiger partial charge >= 0.3 is 6.18 Å². The molecule has 0 saturated heterocycles. The van der Waals surface area contributed by atoms with E-state index in [9.17, 15) is 26.3 Å². The van der Waals surface area contributed by atoms with Gasteiger partial charge in [0.15, 0.2) is 11.6 Å². The van der Waals surface area contributed by atoms with Gasteiger partial charge in [0.1, 0.15) is 18.2 Å². The Hall–Kier alpha value is -2.19. The maximum atomic E-state index is 14.0. The molecule has 0 heterocycles. The summed E-state index contributed by atoms with van der Waals surface area (Å²) in [6.45, 7) is -0.0539. The van der Waals surface area contributed by atoms with E-state index in [4.69, 9.17) is 22.1 Å². The van der Waals surface area contributed by atoms with Gasteiger partial charge in [-0.1, -0.05) is 17.7 Å². The van der Waals surface area contributed by atoms with E-state index in [0.29, 0.717) is 11.6 Å². The third kappa shape index (κ3) is 4.87. The van der Waals surface area contributed by atoms with Gasteiger partial charge in [0.05, 0.1) is 10.6 Å². The van der Waals surface area contributed by atoms with E-state index in [2.05, 4.69) is 0 Å². The van der Waals surface area contributed by atoms with Crippen molar-refractivity contribution in [2.24, 2.45) is 5.73 Å². The molecule has 29 heavy (non-hydrogen) atoms. The maximum absolute atomic E-state index is 14.0. The summed E-state index contributed by atoms with van der Waals surface area (Å²) in [4.78, 5) is 0. The van der Waals surface area contributed by atoms with Gasteiger partial charge in [0.2, 0.25) is 0 Å². The Balaban J connectivity index is 1.72. The molecule has 0 aromatic heterocycles. The minimum absolute atomic E-state index is 0.0199. The molecule has 0 aliphatic heterocycles. The van der Waals surface area contributed by atoms with Crippen molar-refractivity contribution in [3.05, 3.63) is 75.6 Å². The molecule has 0 bridgehead atoms. The number of alkyl halides is 3. The van der Waals surface area contributed by atoms with Crippen molar-refractivity contribution in [2.75, 3.05) is 6.61 Å². The second kappa shape index (κ2) is 8.28. The Kier molecular flexibility index (Phi) is 6.14. The SMILES string of the molecule is N[C@@H]1CC(COc2cc(C(F)(F)F)ccc2Cl)=CC[C@H]1c1cc(F)c(F)cc1F. The van der Waals surface area contributed by atoms with Crippen LogP contribution in [0.3, 0.4) is 0 Å². The van der Waals surface area contributed by atoms with Crippen molar-refractivity contribution >= 4 is 11.6 Å². The van der Waals surface area contributed by atoms with Crippen LogP contribution in [0.2, 0.25) is 5.02 Å². The first-order chi connectivity index (χ1) is 13.6. The van der Waals surface area contributed by atoms with Crippen LogP contribution in [0.5, 0.6) is 5.75 Å². The molecule has 2 nitrogen and oxygen atoms in total. The van der Waals surface area contributed by atoms with Crippen molar-refractivity contribution in [1.82, 2.24) is 0 Å². The molecule has 2 aromatic rings. The lowest BCUT2D eigenvalue weighted by Crippen LogP contribution is -2.33. The molecule has 0 spiro atoms. The Morgan fingerprint density at radius 2 is 1.72 bits per heavy atom. The van der Waals surface area contributed by atoms with Crippen molar-refractivity contribution in [1.29, 1.82) is 0 Å². The Morgan fingerprint density at radius 3 is 2.38 bits per heavy atom. The molecule has 0 saturated carbocycles. The fourth-order valence-corrected chi connectivity index (χ4v) is 3.43. The van der Waals surface area contributed by atoms with Crippen LogP contribution in [0.25, 0.3) is 0 Å². The first-order valence-corrected chi connectivity index (χ1v) is 9.01. The molecule has 2 N–H and O–H groups in total. The Labute approximate surface area is 167 Å². The van der Waals surface area contributed by atoms with Crippen molar-refractivity contribution < 1.29 is 31.1 Å². The van der Waals surface area contributed by atoms with E-state index >= 15 is 0 Å². The van der Waals surface area contributed by atoms with Gasteiger partial charge in [-0.15, -0.1) is 0 Å². The van der Waals surface area contributed by atoms with Gasteiger partial charge in [-0.2, -0.15) is 13.2 Å². The third-order valence-electron chi connectivity index (χ3n) is 4.79. The summed E-state index contributed by atoms with van der Waals surface area (Å²) in [7, 11) is 0. The highest BCUT2D eigenvalue weighted by molar-refractivity contribution is 6.32. The van der Waals surface area contributed by atoms with E-state index in [1.54, 1.807) is 6.08 Å². The lowest BCUT2D eigenvalue weighted by Gasteiger charge is -2.29. The smallest absolute Gasteiger partial charge is 0.416 e. The second-order valence-corrected chi connectivity index (χ2v) is 7.20. The number of benzene rings is 2. The molecule has 156 valence electrons. The minimum Gasteiger partial charge on any atom is -0.488 e. The average Bonchev–Trinajstić information content (AvgIpc) is 2.63. The molecule has 2 aromatic carbocycles. The monoisotopic (exact) mass is 435 g/mol. The summed E-state index contributed by atoms with van der Waals surface area (Å²) in [6, 6.07) is 3.44. The number of rotatable bonds is 4. The van der Waals surface area contributed by atoms with Crippen molar-refractivity contribution in [2.45, 2.75) is 31.0 Å². The van der Waals surface area contributed by atoms with Crippen LogP contribution in [0.1, 0.15) is 29.9 Å². The van der Waals surface area contributed by atoms with E-state index in [0.717, 1.165) is 24.3 Å². The molecular formula is C20H16ClF6NO. The number of nitrogens with two attached hydrogens (primary N) is 1. The van der Waals surface area contributed by atoms with Gasteiger partial charge < -0.3 is 10.5 Å². The lowest BCUT2D eigenvalue weighted by molar-refractivity contribution is -0.137. The van der Waals surface area contributed by atoms with Gasteiger partial charge in [-0.25, -0.2) is 13.2 Å². The second-order valence-electron chi connectivity index (χ2n) is 6.79. The predicted molar refractivity (Wildman–Crippen MR) is 96.3 cm³/mol. The fourth-order valence-electron chi connectivity index (χ4n) is 3.26. The maximum Gasteiger partial charge on any atom is 0.416 e. The van der Waals surface area contributed by atoms with Crippen LogP contribution in [-0.4, -0.2) is 12.6 Å². The lowest BCUT2D eigenvalue weighted by atomic mass is 9.81. The largest absolute Gasteiger partial charge is 0.488 e. The average molecular weight is 436 g/mol. The molecule has 1 aliphatic rings. The summed E-state index contributed by atoms with van der Waals surface area (Å²) < 4.78 is 84.5. The first-order valence-electron chi connectivity index (χ1n) is 8.63. The predicted octanol–water partition coefficient (Wildman–Crippen LogP) is 5.99. The highest BCUT2D eigenvalue weighted by atomic mass is 35.5. The van der Waals surface area contributed by atoms with Crippen LogP contribution in [-0.2, 0) is 6.18 Å². The van der Waals surface area contributed by atoms with E-state index in [1.807, 2.05) is 0 Å². The summed E-state index contributed by atoms with van der Waals surface area (Å²) >= 11 is 5.90. The number of halogens is 7. The molecule has 9 heteroatoms. The van der Waals surface area contributed by atoms with Gasteiger partial charge in [0, 0.05) is 18.0 Å². The minimum atomic E-state index is -4.53. The van der Waals surface area contributed by atoms with Gasteiger partial charge in [0.25, 0.3) is 0 Å². The zero-order valence-electron chi connectivity index (χ0n) is 14.9. The van der Waals surface area contributed by atoms with Crippen LogP contribution in [0.15, 0.2) is 42.0 Å². The number of allylic oxidation sites excluding steroid dienone is 1. The topological polar surface area (TPSA) is 35.2 Å². The van der Waals surface area contributed by atoms with Crippen LogP contribution < -0.4 is 10.5 Å². The quantitative estimate of drug-likeness (QED) is 0.364. The Bertz CT molecular complexity index is 943. The van der Waals surface area contributed by atoms with E-state index in [1.165, 1.54) is 0 Å². The van der Waals surface area contributed by atoms with Crippen molar-refractivity contribution in [3.63, 3.8) is 0 Å². The zero-order valence-corrected chi connectivity index (χ0v) is 15.6. The number of hydrogen-bond donors (Lipinski definition) is 1. The highest BCUT2D eigenvalue weighted by Gasteiger charge is 2.31. The normalized spacial score (nSPS) is 19.8. The van der Waals surface area contributed by atoms with E-state index in [-0.39, 0.29) is 35.8 Å². The van der Waals surface area contributed by atoms with Crippen LogP contribution >= 0.6 is 11.6 Å². The molecule has 0 unspecified atom stereocenters. The van der Waals surface area contributed by atoms with Crippen molar-refractivity contribution in [3.8, 4) is 5.75 Å². The molecule has 0 radical (unpaired) electrons. The van der Waals surface area contributed by atoms with E-state index < -0.39 is 41.2 Å². The Morgan fingerprint density at radius 1 is 1.03 bits per heavy atom. The molecule has 0 amide bonds. The van der Waals surface area contributed by atoms with Crippen LogP contribution in [0.4, 0.5) is 26.3 Å². The molecule has 3 rings (SSSR count). The zero-order chi connectivity index (χ0) is 21.3. The third-order valence-corrected chi connectivity index (χ3v) is 5.10. The van der Waals surface area contributed by atoms with Gasteiger partial charge in [-0.05, 0) is 48.2 Å². The first kappa shape index (κ1) is 21.5.